The van der Waals surface area contributed by atoms with Crippen molar-refractivity contribution < 1.29 is 9.59 Å². The topological polar surface area (TPSA) is 52.7 Å². The first-order chi connectivity index (χ1) is 11.9. The highest BCUT2D eigenvalue weighted by molar-refractivity contribution is 5.96. The lowest BCUT2D eigenvalue weighted by atomic mass is 9.75. The molecule has 2 amide bonds. The Kier molecular flexibility index (Phi) is 5.13. The van der Waals surface area contributed by atoms with Crippen LogP contribution in [-0.4, -0.2) is 54.3 Å². The fourth-order valence-corrected chi connectivity index (χ4v) is 4.37. The van der Waals surface area contributed by atoms with E-state index in [1.54, 1.807) is 0 Å². The Morgan fingerprint density at radius 3 is 2.48 bits per heavy atom. The molecule has 0 aromatic heterocycles. The van der Waals surface area contributed by atoms with Crippen LogP contribution >= 0.6 is 0 Å². The first kappa shape index (κ1) is 17.9. The summed E-state index contributed by atoms with van der Waals surface area (Å²) in [6.07, 6.45) is 2.45. The first-order valence-corrected chi connectivity index (χ1v) is 9.29. The van der Waals surface area contributed by atoms with Gasteiger partial charge in [-0.3, -0.25) is 9.59 Å². The third-order valence-electron chi connectivity index (χ3n) is 5.87. The normalized spacial score (nSPS) is 27.0. The van der Waals surface area contributed by atoms with Crippen molar-refractivity contribution in [1.82, 2.24) is 9.80 Å². The lowest BCUT2D eigenvalue weighted by Crippen LogP contribution is -2.46. The van der Waals surface area contributed by atoms with E-state index in [1.165, 1.54) is 0 Å². The molecule has 5 heteroatoms. The van der Waals surface area contributed by atoms with Crippen molar-refractivity contribution in [3.8, 4) is 0 Å². The Labute approximate surface area is 150 Å². The molecule has 2 heterocycles. The van der Waals surface area contributed by atoms with E-state index in [0.717, 1.165) is 38.0 Å². The van der Waals surface area contributed by atoms with Crippen LogP contribution in [0.2, 0.25) is 0 Å². The van der Waals surface area contributed by atoms with Gasteiger partial charge in [-0.15, -0.1) is 0 Å². The fourth-order valence-electron chi connectivity index (χ4n) is 4.37. The lowest BCUT2D eigenvalue weighted by molar-refractivity contribution is -0.135. The molecule has 2 fully saturated rings. The standard InChI is InChI=1S/C20H29N3O2/c1-15(2)18(24)23-12-9-17-20(11-14-23,10-13-22(17)3)19(25)21-16-7-5-4-6-8-16/h4-8,15,17H,9-14H2,1-3H3,(H,21,25)/t17-,20-/m0/s1. The van der Waals surface area contributed by atoms with Gasteiger partial charge in [0.05, 0.1) is 5.41 Å². The van der Waals surface area contributed by atoms with Gasteiger partial charge < -0.3 is 15.1 Å². The minimum atomic E-state index is -0.406. The second kappa shape index (κ2) is 7.16. The summed E-state index contributed by atoms with van der Waals surface area (Å²) in [7, 11) is 2.10. The Morgan fingerprint density at radius 1 is 1.12 bits per heavy atom. The molecule has 0 saturated carbocycles. The number of benzene rings is 1. The zero-order valence-corrected chi connectivity index (χ0v) is 15.5. The minimum Gasteiger partial charge on any atom is -0.342 e. The highest BCUT2D eigenvalue weighted by Crippen LogP contribution is 2.44. The van der Waals surface area contributed by atoms with E-state index in [-0.39, 0.29) is 23.8 Å². The van der Waals surface area contributed by atoms with Gasteiger partial charge in [-0.2, -0.15) is 0 Å². The van der Waals surface area contributed by atoms with Crippen molar-refractivity contribution in [3.63, 3.8) is 0 Å². The summed E-state index contributed by atoms with van der Waals surface area (Å²) in [4.78, 5) is 29.9. The van der Waals surface area contributed by atoms with E-state index in [9.17, 15) is 9.59 Å². The van der Waals surface area contributed by atoms with E-state index in [1.807, 2.05) is 49.1 Å². The number of rotatable bonds is 3. The molecule has 0 spiro atoms. The lowest BCUT2D eigenvalue weighted by Gasteiger charge is -2.34. The maximum absolute atomic E-state index is 13.2. The van der Waals surface area contributed by atoms with Gasteiger partial charge >= 0.3 is 0 Å². The molecule has 136 valence electrons. The van der Waals surface area contributed by atoms with Crippen molar-refractivity contribution in [2.75, 3.05) is 32.0 Å². The molecule has 0 radical (unpaired) electrons. The fraction of sp³-hybridized carbons (Fsp3) is 0.600. The van der Waals surface area contributed by atoms with Gasteiger partial charge in [-0.1, -0.05) is 32.0 Å². The molecule has 0 unspecified atom stereocenters. The monoisotopic (exact) mass is 343 g/mol. The number of hydrogen-bond donors (Lipinski definition) is 1. The molecule has 1 aromatic carbocycles. The van der Waals surface area contributed by atoms with E-state index in [0.29, 0.717) is 6.54 Å². The average Bonchev–Trinajstić information content (AvgIpc) is 2.80. The number of amides is 2. The van der Waals surface area contributed by atoms with Crippen molar-refractivity contribution in [2.24, 2.45) is 11.3 Å². The zero-order valence-electron chi connectivity index (χ0n) is 15.5. The van der Waals surface area contributed by atoms with Crippen LogP contribution in [0.1, 0.15) is 33.1 Å². The molecular weight excluding hydrogens is 314 g/mol. The molecule has 0 aliphatic carbocycles. The van der Waals surface area contributed by atoms with Crippen LogP contribution in [0.5, 0.6) is 0 Å². The second-order valence-electron chi connectivity index (χ2n) is 7.74. The van der Waals surface area contributed by atoms with E-state index in [2.05, 4.69) is 17.3 Å². The largest absolute Gasteiger partial charge is 0.342 e. The Morgan fingerprint density at radius 2 is 1.80 bits per heavy atom. The summed E-state index contributed by atoms with van der Waals surface area (Å²) in [5, 5.41) is 3.12. The molecule has 2 atom stereocenters. The number of nitrogens with one attached hydrogen (secondary N) is 1. The Bertz CT molecular complexity index is 631. The average molecular weight is 343 g/mol. The SMILES string of the molecule is CC(C)C(=O)N1CC[C@@H]2N(C)CC[C@]2(C(=O)Nc2ccccc2)CC1. The van der Waals surface area contributed by atoms with Crippen LogP contribution in [0.4, 0.5) is 5.69 Å². The number of anilines is 1. The number of carbonyl (C=O) groups is 2. The second-order valence-corrected chi connectivity index (χ2v) is 7.74. The van der Waals surface area contributed by atoms with Crippen LogP contribution in [0, 0.1) is 11.3 Å². The first-order valence-electron chi connectivity index (χ1n) is 9.29. The number of likely N-dealkylation sites (tertiary alicyclic amines) is 2. The van der Waals surface area contributed by atoms with E-state index < -0.39 is 5.41 Å². The molecule has 2 saturated heterocycles. The van der Waals surface area contributed by atoms with Gasteiger partial charge in [0.25, 0.3) is 0 Å². The summed E-state index contributed by atoms with van der Waals surface area (Å²) >= 11 is 0. The predicted molar refractivity (Wildman–Crippen MR) is 99.2 cm³/mol. The highest BCUT2D eigenvalue weighted by atomic mass is 16.2. The summed E-state index contributed by atoms with van der Waals surface area (Å²) in [6.45, 7) is 6.23. The van der Waals surface area contributed by atoms with Crippen LogP contribution in [0.3, 0.4) is 0 Å². The smallest absolute Gasteiger partial charge is 0.232 e. The van der Waals surface area contributed by atoms with Crippen molar-refractivity contribution in [1.29, 1.82) is 0 Å². The summed E-state index contributed by atoms with van der Waals surface area (Å²) in [6, 6.07) is 9.85. The van der Waals surface area contributed by atoms with Gasteiger partial charge in [-0.25, -0.2) is 0 Å². The number of hydrogen-bond acceptors (Lipinski definition) is 3. The Balaban J connectivity index is 1.81. The summed E-state index contributed by atoms with van der Waals surface area (Å²) in [5.41, 5.74) is 0.436. The minimum absolute atomic E-state index is 0.00441. The maximum Gasteiger partial charge on any atom is 0.232 e. The summed E-state index contributed by atoms with van der Waals surface area (Å²) < 4.78 is 0. The molecule has 2 aliphatic rings. The highest BCUT2D eigenvalue weighted by Gasteiger charge is 2.52. The van der Waals surface area contributed by atoms with Gasteiger partial charge in [0, 0.05) is 30.7 Å². The van der Waals surface area contributed by atoms with Gasteiger partial charge in [-0.05, 0) is 45.0 Å². The third-order valence-corrected chi connectivity index (χ3v) is 5.87. The molecule has 2 aliphatic heterocycles. The molecule has 0 bridgehead atoms. The number of para-hydroxylation sites is 1. The predicted octanol–water partition coefficient (Wildman–Crippen LogP) is 2.59. The van der Waals surface area contributed by atoms with Crippen LogP contribution < -0.4 is 5.32 Å². The van der Waals surface area contributed by atoms with Crippen molar-refractivity contribution >= 4 is 17.5 Å². The van der Waals surface area contributed by atoms with Crippen LogP contribution in [0.15, 0.2) is 30.3 Å². The van der Waals surface area contributed by atoms with E-state index >= 15 is 0 Å². The molecule has 1 N–H and O–H groups in total. The molecule has 1 aromatic rings. The molecule has 5 nitrogen and oxygen atoms in total. The van der Waals surface area contributed by atoms with Gasteiger partial charge in [0.15, 0.2) is 0 Å². The zero-order chi connectivity index (χ0) is 18.0. The molecule has 3 rings (SSSR count). The molecular formula is C20H29N3O2. The van der Waals surface area contributed by atoms with Gasteiger partial charge in [0.1, 0.15) is 0 Å². The molecule has 25 heavy (non-hydrogen) atoms. The van der Waals surface area contributed by atoms with Crippen molar-refractivity contribution in [2.45, 2.75) is 39.2 Å². The van der Waals surface area contributed by atoms with Crippen LogP contribution in [-0.2, 0) is 9.59 Å². The van der Waals surface area contributed by atoms with Crippen LogP contribution in [0.25, 0.3) is 0 Å². The van der Waals surface area contributed by atoms with Gasteiger partial charge in [0.2, 0.25) is 11.8 Å². The maximum atomic E-state index is 13.2. The Hall–Kier alpha value is -1.88. The number of carbonyl (C=O) groups excluding carboxylic acids is 2. The quantitative estimate of drug-likeness (QED) is 0.918. The third kappa shape index (κ3) is 3.43. The number of fused-ring (bicyclic) bond motifs is 1. The number of nitrogens with zero attached hydrogens (tertiary/aromatic N) is 2. The van der Waals surface area contributed by atoms with Crippen molar-refractivity contribution in [3.05, 3.63) is 30.3 Å². The van der Waals surface area contributed by atoms with E-state index in [4.69, 9.17) is 0 Å². The summed E-state index contributed by atoms with van der Waals surface area (Å²) in [5.74, 6) is 0.304.